The van der Waals surface area contributed by atoms with Gasteiger partial charge in [-0.2, -0.15) is 0 Å². The van der Waals surface area contributed by atoms with Gasteiger partial charge in [0.2, 0.25) is 0 Å². The van der Waals surface area contributed by atoms with Crippen LogP contribution in [0.4, 0.5) is 8.78 Å². The first-order valence-electron chi connectivity index (χ1n) is 12.6. The number of hydrogen-bond acceptors (Lipinski definition) is 8. The molecule has 2 aromatic rings. The van der Waals surface area contributed by atoms with Crippen molar-refractivity contribution >= 4 is 23.9 Å². The molecule has 3 unspecified atom stereocenters. The molecule has 1 fully saturated rings. The summed E-state index contributed by atoms with van der Waals surface area (Å²) in [5.74, 6) is -7.89. The first-order valence-corrected chi connectivity index (χ1v) is 12.6. The average Bonchev–Trinajstić information content (AvgIpc) is 2.95. The van der Waals surface area contributed by atoms with Gasteiger partial charge in [0.15, 0.2) is 35.1 Å². The summed E-state index contributed by atoms with van der Waals surface area (Å²) in [4.78, 5) is 39.0. The molecule has 2 aliphatic heterocycles. The van der Waals surface area contributed by atoms with Gasteiger partial charge in [-0.25, -0.2) is 18.4 Å². The summed E-state index contributed by atoms with van der Waals surface area (Å²) in [7, 11) is 3.34. The number of carboxylic acid groups (broad SMARTS) is 4. The predicted octanol–water partition coefficient (Wildman–Crippen LogP) is -3.19. The van der Waals surface area contributed by atoms with E-state index in [-0.39, 0.29) is 0 Å². The van der Waals surface area contributed by atoms with Gasteiger partial charge in [-0.15, -0.1) is 0 Å². The number of methoxy groups -OCH3 is 2. The van der Waals surface area contributed by atoms with Crippen LogP contribution in [-0.4, -0.2) is 74.0 Å². The predicted molar refractivity (Wildman–Crippen MR) is 132 cm³/mol. The second kappa shape index (κ2) is 15.5. The maximum Gasteiger partial charge on any atom is 0.351 e. The quantitative estimate of drug-likeness (QED) is 0.262. The number of hydrogen-bond donors (Lipinski definition) is 4. The molecule has 14 heteroatoms. The summed E-state index contributed by atoms with van der Waals surface area (Å²) in [5.41, 5.74) is 3.15. The minimum atomic E-state index is -2.07. The number of benzene rings is 2. The number of ether oxygens (including phenoxy) is 2. The molecule has 0 aliphatic carbocycles. The molecule has 41 heavy (non-hydrogen) atoms. The van der Waals surface area contributed by atoms with Crippen molar-refractivity contribution < 1.29 is 67.7 Å². The number of likely N-dealkylation sites (tertiary alicyclic amines) is 1. The topological polar surface area (TPSA) is 182 Å². The fourth-order valence-corrected chi connectivity index (χ4v) is 4.95. The van der Waals surface area contributed by atoms with Crippen LogP contribution in [0, 0.1) is 11.6 Å². The second-order valence-corrected chi connectivity index (χ2v) is 9.43. The number of quaternary nitrogens is 2. The third-order valence-electron chi connectivity index (χ3n) is 6.86. The zero-order valence-electron chi connectivity index (χ0n) is 22.5. The molecule has 0 bridgehead atoms. The van der Waals surface area contributed by atoms with Crippen molar-refractivity contribution in [2.45, 2.75) is 38.4 Å². The van der Waals surface area contributed by atoms with Crippen molar-refractivity contribution in [1.82, 2.24) is 0 Å². The number of fused-ring (bicyclic) bond motifs is 1. The maximum atomic E-state index is 14.1. The molecule has 2 heterocycles. The molecule has 4 N–H and O–H groups in total. The van der Waals surface area contributed by atoms with Crippen molar-refractivity contribution in [1.29, 1.82) is 0 Å². The highest BCUT2D eigenvalue weighted by Gasteiger charge is 2.34. The minimum absolute atomic E-state index is 0.483. The number of carboxylic acids is 4. The average molecular weight is 583 g/mol. The molecule has 0 saturated carbocycles. The molecular weight excluding hydrogens is 550 g/mol. The van der Waals surface area contributed by atoms with Gasteiger partial charge < -0.3 is 49.3 Å². The van der Waals surface area contributed by atoms with E-state index >= 15 is 0 Å². The molecule has 0 spiro atoms. The van der Waals surface area contributed by atoms with Crippen LogP contribution in [0.2, 0.25) is 0 Å². The van der Waals surface area contributed by atoms with Crippen molar-refractivity contribution in [3.63, 3.8) is 0 Å². The smallest absolute Gasteiger partial charge is 0.351 e. The molecule has 4 rings (SSSR count). The standard InChI is InChI=1S/C23H28F2N2O2.2C2H2O4/c1-28-21-11-16-8-10-27(14-18(16)12-22(21)29-2)19-6-4-9-26(15-19)13-17-5-3-7-20(24)23(17)25;2*3-1(4)2(5)6/h3,5,7,11-12,19H,4,6,8-10,13-15H2,1-2H3;2*(H,3,4)(H,5,6). The van der Waals surface area contributed by atoms with E-state index < -0.39 is 35.5 Å². The highest BCUT2D eigenvalue weighted by molar-refractivity contribution is 6.26. The van der Waals surface area contributed by atoms with Gasteiger partial charge in [0.1, 0.15) is 25.7 Å². The van der Waals surface area contributed by atoms with Crippen LogP contribution in [0.5, 0.6) is 11.5 Å². The van der Waals surface area contributed by atoms with Crippen molar-refractivity contribution in [2.75, 3.05) is 33.9 Å². The Morgan fingerprint density at radius 1 is 0.951 bits per heavy atom. The number of halogens is 2. The Balaban J connectivity index is 0.000000413. The number of rotatable bonds is 5. The number of carbonyl (C=O) groups is 4. The number of aliphatic carboxylic acids is 4. The van der Waals surface area contributed by atoms with Crippen LogP contribution in [0.25, 0.3) is 0 Å². The first-order chi connectivity index (χ1) is 19.4. The third kappa shape index (κ3) is 9.69. The summed E-state index contributed by atoms with van der Waals surface area (Å²) < 4.78 is 38.6. The summed E-state index contributed by atoms with van der Waals surface area (Å²) >= 11 is 0. The van der Waals surface area contributed by atoms with Crippen molar-refractivity contribution in [2.24, 2.45) is 0 Å². The van der Waals surface area contributed by atoms with E-state index in [9.17, 15) is 8.78 Å². The van der Waals surface area contributed by atoms with Crippen molar-refractivity contribution in [3.8, 4) is 11.5 Å². The fourth-order valence-electron chi connectivity index (χ4n) is 4.95. The number of carbonyl (C=O) groups excluding carboxylic acids is 2. The molecule has 0 amide bonds. The normalized spacial score (nSPS) is 19.2. The third-order valence-corrected chi connectivity index (χ3v) is 6.86. The van der Waals surface area contributed by atoms with Gasteiger partial charge in [-0.05, 0) is 23.8 Å². The number of piperidine rings is 1. The van der Waals surface area contributed by atoms with E-state index in [1.54, 1.807) is 31.3 Å². The monoisotopic (exact) mass is 582 g/mol. The van der Waals surface area contributed by atoms with Crippen LogP contribution in [-0.2, 0) is 38.7 Å². The lowest BCUT2D eigenvalue weighted by molar-refractivity contribution is -0.998. The Labute approximate surface area is 234 Å². The van der Waals surface area contributed by atoms with Gasteiger partial charge in [0.05, 0.1) is 27.3 Å². The van der Waals surface area contributed by atoms with Crippen LogP contribution in [0.3, 0.4) is 0 Å². The largest absolute Gasteiger partial charge is 0.539 e. The van der Waals surface area contributed by atoms with Gasteiger partial charge in [0.25, 0.3) is 0 Å². The minimum Gasteiger partial charge on any atom is -0.539 e. The highest BCUT2D eigenvalue weighted by Crippen LogP contribution is 2.31. The van der Waals surface area contributed by atoms with Gasteiger partial charge in [-0.3, -0.25) is 0 Å². The zero-order chi connectivity index (χ0) is 30.7. The maximum absolute atomic E-state index is 14.1. The molecule has 1 saturated heterocycles. The first kappa shape index (κ1) is 32.9. The lowest BCUT2D eigenvalue weighted by Crippen LogP contribution is -3.24. The Kier molecular flexibility index (Phi) is 12.4. The van der Waals surface area contributed by atoms with Crippen LogP contribution >= 0.6 is 0 Å². The summed E-state index contributed by atoms with van der Waals surface area (Å²) in [6, 6.07) is 9.25. The molecule has 2 aromatic carbocycles. The lowest BCUT2D eigenvalue weighted by atomic mass is 9.95. The molecule has 12 nitrogen and oxygen atoms in total. The van der Waals surface area contributed by atoms with Gasteiger partial charge >= 0.3 is 11.9 Å². The van der Waals surface area contributed by atoms with Crippen LogP contribution in [0.1, 0.15) is 29.5 Å². The Morgan fingerprint density at radius 2 is 1.51 bits per heavy atom. The van der Waals surface area contributed by atoms with E-state index in [2.05, 4.69) is 12.1 Å². The molecule has 3 atom stereocenters. The Hall–Kier alpha value is -4.30. The second-order valence-electron chi connectivity index (χ2n) is 9.43. The van der Waals surface area contributed by atoms with Crippen LogP contribution < -0.4 is 29.5 Å². The summed E-state index contributed by atoms with van der Waals surface area (Å²) in [6.45, 7) is 4.63. The lowest BCUT2D eigenvalue weighted by Gasteiger charge is -2.37. The van der Waals surface area contributed by atoms with Crippen LogP contribution in [0.15, 0.2) is 30.3 Å². The van der Waals surface area contributed by atoms with E-state index in [1.807, 2.05) is 0 Å². The van der Waals surface area contributed by atoms with Crippen molar-refractivity contribution in [3.05, 3.63) is 58.7 Å². The fraction of sp³-hybridized carbons (Fsp3) is 0.407. The number of nitrogens with one attached hydrogen (secondary N) is 2. The van der Waals surface area contributed by atoms with E-state index in [1.165, 1.54) is 28.5 Å². The van der Waals surface area contributed by atoms with E-state index in [0.717, 1.165) is 50.5 Å². The molecular formula is C27H32F2N2O10. The van der Waals surface area contributed by atoms with Gasteiger partial charge in [0, 0.05) is 30.4 Å². The zero-order valence-corrected chi connectivity index (χ0v) is 22.5. The molecule has 0 aromatic heterocycles. The molecule has 224 valence electrons. The Morgan fingerprint density at radius 3 is 2.05 bits per heavy atom. The Bertz CT molecular complexity index is 1210. The molecule has 0 radical (unpaired) electrons. The summed E-state index contributed by atoms with van der Waals surface area (Å²) in [6.07, 6.45) is 3.34. The summed E-state index contributed by atoms with van der Waals surface area (Å²) in [5, 5.41) is 32.6. The highest BCUT2D eigenvalue weighted by atomic mass is 19.2. The van der Waals surface area contributed by atoms with Gasteiger partial charge in [-0.1, -0.05) is 12.1 Å². The SMILES string of the molecule is COc1cc2c(cc1OC)C[NH+](C1CCC[NH+](Cc3cccc(F)c3F)C1)CC2.O=C([O-])C(=O)O.O=C([O-])C(=O)O. The molecule has 2 aliphatic rings. The van der Waals surface area contributed by atoms with E-state index in [0.29, 0.717) is 18.2 Å². The van der Waals surface area contributed by atoms with E-state index in [4.69, 9.17) is 49.1 Å².